The molecule has 1 aromatic carbocycles. The summed E-state index contributed by atoms with van der Waals surface area (Å²) in [5.74, 6) is -6.88. The van der Waals surface area contributed by atoms with E-state index >= 15 is 0 Å². The number of nitrogen functional groups attached to an aromatic ring is 1. The summed E-state index contributed by atoms with van der Waals surface area (Å²) >= 11 is 5.97. The van der Waals surface area contributed by atoms with Crippen LogP contribution >= 0.6 is 11.6 Å². The van der Waals surface area contributed by atoms with E-state index in [1.807, 2.05) is 13.8 Å². The van der Waals surface area contributed by atoms with Gasteiger partial charge >= 0.3 is 11.9 Å². The molecule has 1 unspecified atom stereocenters. The van der Waals surface area contributed by atoms with Gasteiger partial charge in [-0.05, 0) is 17.9 Å². The van der Waals surface area contributed by atoms with Gasteiger partial charge in [-0.2, -0.15) is 4.99 Å². The van der Waals surface area contributed by atoms with Crippen LogP contribution in [0, 0.1) is 5.92 Å². The van der Waals surface area contributed by atoms with E-state index in [0.717, 1.165) is 0 Å². The molecule has 0 fully saturated rings. The Kier molecular flexibility index (Phi) is 15.8. The number of nitrogens with two attached hydrogens (primary N) is 3. The fraction of sp³-hybridized carbons (Fsp3) is 0.379. The Labute approximate surface area is 290 Å². The van der Waals surface area contributed by atoms with Crippen molar-refractivity contribution in [3.63, 3.8) is 0 Å². The molecule has 0 aliphatic heterocycles. The number of anilines is 2. The molecule has 0 spiro atoms. The molecule has 0 radical (unpaired) electrons. The largest absolute Gasteiger partial charge is 0.480 e. The zero-order valence-electron chi connectivity index (χ0n) is 27.1. The Morgan fingerprint density at radius 3 is 1.92 bits per heavy atom. The molecule has 13 N–H and O–H groups in total. The summed E-state index contributed by atoms with van der Waals surface area (Å²) in [5, 5.41) is 23.6. The van der Waals surface area contributed by atoms with Gasteiger partial charge in [-0.1, -0.05) is 55.8 Å². The Bertz CT molecular complexity index is 1600. The Morgan fingerprint density at radius 1 is 0.820 bits per heavy atom. The Hall–Kier alpha value is -6.05. The first-order valence-corrected chi connectivity index (χ1v) is 15.3. The second-order valence-electron chi connectivity index (χ2n) is 11.0. The third kappa shape index (κ3) is 14.4. The molecule has 0 saturated heterocycles. The number of carbonyl (C=O) groups is 7. The standard InChI is InChI=1S/C29H39ClN12O8/c1-14(2)8-17(28(49)50)39-26(47)16(9-15-6-4-3-5-7-15)38-21(46)13-36-19(44)11-34-18(43)10-35-20(45)12-37-25-23(30)40-22(24(31)41-25)27(48)42-29(32)33/h3-7,14,16-17H,8-13H2,1-2H3,(H,34,43)(H,35,45)(H,36,44)(H,38,46)(H,39,47)(H,49,50)(H3,31,37,41)(H4,32,33,42,48)/t16-,17?/m0/s1. The highest BCUT2D eigenvalue weighted by molar-refractivity contribution is 6.32. The summed E-state index contributed by atoms with van der Waals surface area (Å²) in [7, 11) is 0. The van der Waals surface area contributed by atoms with Gasteiger partial charge in [-0.3, -0.25) is 28.8 Å². The molecule has 0 bridgehead atoms. The van der Waals surface area contributed by atoms with Gasteiger partial charge in [-0.15, -0.1) is 0 Å². The summed E-state index contributed by atoms with van der Waals surface area (Å²) in [6.45, 7) is 1.57. The molecule has 0 aliphatic carbocycles. The molecule has 1 heterocycles. The SMILES string of the molecule is CC(C)CC(NC(=O)[C@H](Cc1ccccc1)NC(=O)CNC(=O)CNC(=O)CNC(=O)CNc1nc(N)c(C(=O)N=C(N)N)nc1Cl)C(=O)O. The van der Waals surface area contributed by atoms with Crippen molar-refractivity contribution in [2.75, 3.05) is 37.2 Å². The van der Waals surface area contributed by atoms with Crippen LogP contribution in [0.3, 0.4) is 0 Å². The summed E-state index contributed by atoms with van der Waals surface area (Å²) in [5.41, 5.74) is 16.3. The van der Waals surface area contributed by atoms with Gasteiger partial charge in [0.15, 0.2) is 28.4 Å². The van der Waals surface area contributed by atoms with Crippen LogP contribution in [0.1, 0.15) is 36.3 Å². The number of halogens is 1. The van der Waals surface area contributed by atoms with Crippen LogP contribution in [-0.2, 0) is 35.2 Å². The second kappa shape index (κ2) is 19.7. The minimum atomic E-state index is -1.21. The molecule has 1 aromatic heterocycles. The molecule has 20 nitrogen and oxygen atoms in total. The minimum Gasteiger partial charge on any atom is -0.480 e. The number of aliphatic carboxylic acids is 1. The van der Waals surface area contributed by atoms with Gasteiger partial charge in [0.25, 0.3) is 0 Å². The number of hydrogen-bond donors (Lipinski definition) is 10. The zero-order valence-corrected chi connectivity index (χ0v) is 27.9. The lowest BCUT2D eigenvalue weighted by atomic mass is 10.0. The normalized spacial score (nSPS) is 11.7. The quantitative estimate of drug-likeness (QED) is 0.0551. The molecule has 2 aromatic rings. The van der Waals surface area contributed by atoms with Crippen LogP contribution in [0.2, 0.25) is 5.15 Å². The molecule has 0 saturated carbocycles. The van der Waals surface area contributed by atoms with E-state index in [9.17, 15) is 38.7 Å². The number of nitrogens with one attached hydrogen (secondary N) is 6. The number of rotatable bonds is 18. The number of benzene rings is 1. The van der Waals surface area contributed by atoms with E-state index in [0.29, 0.717) is 5.56 Å². The van der Waals surface area contributed by atoms with Crippen LogP contribution < -0.4 is 49.1 Å². The molecule has 21 heteroatoms. The predicted octanol–water partition coefficient (Wildman–Crippen LogP) is -2.77. The van der Waals surface area contributed by atoms with Gasteiger partial charge < -0.3 is 54.2 Å². The van der Waals surface area contributed by atoms with Crippen molar-refractivity contribution < 1.29 is 38.7 Å². The molecule has 270 valence electrons. The number of amides is 6. The summed E-state index contributed by atoms with van der Waals surface area (Å²) in [6, 6.07) is 6.43. The topological polar surface area (TPSA) is 328 Å². The number of carboxylic acids is 1. The van der Waals surface area contributed by atoms with E-state index < -0.39 is 91.3 Å². The lowest BCUT2D eigenvalue weighted by Gasteiger charge is -2.22. The molecule has 2 rings (SSSR count). The Morgan fingerprint density at radius 2 is 1.38 bits per heavy atom. The van der Waals surface area contributed by atoms with E-state index in [2.05, 4.69) is 46.9 Å². The van der Waals surface area contributed by atoms with Crippen molar-refractivity contribution in [1.29, 1.82) is 0 Å². The molecule has 2 atom stereocenters. The number of nitrogens with zero attached hydrogens (tertiary/aromatic N) is 3. The lowest BCUT2D eigenvalue weighted by Crippen LogP contribution is -2.54. The average Bonchev–Trinajstić information content (AvgIpc) is 3.04. The molecule has 6 amide bonds. The monoisotopic (exact) mass is 718 g/mol. The first kappa shape index (κ1) is 40.1. The number of aromatic nitrogens is 2. The first-order valence-electron chi connectivity index (χ1n) is 14.9. The van der Waals surface area contributed by atoms with Crippen molar-refractivity contribution in [3.05, 3.63) is 46.7 Å². The maximum Gasteiger partial charge on any atom is 0.326 e. The number of aliphatic imine (C=N–C) groups is 1. The van der Waals surface area contributed by atoms with Gasteiger partial charge in [0.1, 0.15) is 12.1 Å². The van der Waals surface area contributed by atoms with Crippen molar-refractivity contribution in [2.45, 2.75) is 38.8 Å². The maximum absolute atomic E-state index is 13.0. The fourth-order valence-electron chi connectivity index (χ4n) is 4.03. The van der Waals surface area contributed by atoms with Crippen molar-refractivity contribution >= 4 is 70.6 Å². The van der Waals surface area contributed by atoms with Gasteiger partial charge in [0.05, 0.1) is 26.2 Å². The third-order valence-electron chi connectivity index (χ3n) is 6.32. The highest BCUT2D eigenvalue weighted by Crippen LogP contribution is 2.20. The Balaban J connectivity index is 1.81. The second-order valence-corrected chi connectivity index (χ2v) is 11.3. The highest BCUT2D eigenvalue weighted by Gasteiger charge is 2.27. The van der Waals surface area contributed by atoms with Crippen LogP contribution in [0.4, 0.5) is 11.6 Å². The summed E-state index contributed by atoms with van der Waals surface area (Å²) in [4.78, 5) is 96.6. The third-order valence-corrected chi connectivity index (χ3v) is 6.59. The lowest BCUT2D eigenvalue weighted by molar-refractivity contribution is -0.142. The molecule has 50 heavy (non-hydrogen) atoms. The van der Waals surface area contributed by atoms with Gasteiger partial charge in [-0.25, -0.2) is 14.8 Å². The van der Waals surface area contributed by atoms with E-state index in [1.165, 1.54) is 0 Å². The van der Waals surface area contributed by atoms with E-state index in [4.69, 9.17) is 28.8 Å². The highest BCUT2D eigenvalue weighted by atomic mass is 35.5. The maximum atomic E-state index is 13.0. The summed E-state index contributed by atoms with van der Waals surface area (Å²) < 4.78 is 0. The van der Waals surface area contributed by atoms with Gasteiger partial charge in [0, 0.05) is 6.42 Å². The van der Waals surface area contributed by atoms with Crippen LogP contribution in [-0.4, -0.2) is 101 Å². The average molecular weight is 719 g/mol. The summed E-state index contributed by atoms with van der Waals surface area (Å²) in [6.07, 6.45) is 0.233. The van der Waals surface area contributed by atoms with Gasteiger partial charge in [0.2, 0.25) is 29.5 Å². The van der Waals surface area contributed by atoms with Crippen molar-refractivity contribution in [3.8, 4) is 0 Å². The van der Waals surface area contributed by atoms with Crippen molar-refractivity contribution in [2.24, 2.45) is 22.4 Å². The number of guanidine groups is 1. The first-order chi connectivity index (χ1) is 23.5. The van der Waals surface area contributed by atoms with E-state index in [1.54, 1.807) is 30.3 Å². The zero-order chi connectivity index (χ0) is 37.4. The van der Waals surface area contributed by atoms with Crippen LogP contribution in [0.5, 0.6) is 0 Å². The molecule has 0 aliphatic rings. The van der Waals surface area contributed by atoms with Crippen LogP contribution in [0.15, 0.2) is 35.3 Å². The van der Waals surface area contributed by atoms with E-state index in [-0.39, 0.29) is 35.5 Å². The van der Waals surface area contributed by atoms with Crippen molar-refractivity contribution in [1.82, 2.24) is 36.6 Å². The minimum absolute atomic E-state index is 0.0219. The smallest absolute Gasteiger partial charge is 0.326 e. The van der Waals surface area contributed by atoms with Crippen LogP contribution in [0.25, 0.3) is 0 Å². The number of carboxylic acid groups (broad SMARTS) is 1. The predicted molar refractivity (Wildman–Crippen MR) is 180 cm³/mol. The molecular formula is C29H39ClN12O8. The fourth-order valence-corrected chi connectivity index (χ4v) is 4.22. The number of carbonyl (C=O) groups excluding carboxylic acids is 6. The molecular weight excluding hydrogens is 680 g/mol. The number of hydrogen-bond acceptors (Lipinski definition) is 11.